The minimum absolute atomic E-state index is 0.197. The normalized spacial score (nSPS) is 21.0. The summed E-state index contributed by atoms with van der Waals surface area (Å²) in [5.41, 5.74) is 0.976. The molecular weight excluding hydrogens is 532 g/mol. The van der Waals surface area contributed by atoms with Gasteiger partial charge < -0.3 is 15.5 Å². The lowest BCUT2D eigenvalue weighted by atomic mass is 9.80. The van der Waals surface area contributed by atoms with Crippen molar-refractivity contribution in [2.45, 2.75) is 56.3 Å². The molecule has 2 fully saturated rings. The Hall–Kier alpha value is -3.96. The quantitative estimate of drug-likeness (QED) is 0.397. The van der Waals surface area contributed by atoms with Crippen molar-refractivity contribution in [3.8, 4) is 0 Å². The molecule has 12 heteroatoms. The second-order valence-corrected chi connectivity index (χ2v) is 10.6. The Morgan fingerprint density at radius 3 is 2.45 bits per heavy atom. The predicted octanol–water partition coefficient (Wildman–Crippen LogP) is 3.89. The highest BCUT2D eigenvalue weighted by Gasteiger charge is 2.57. The van der Waals surface area contributed by atoms with Gasteiger partial charge in [0.2, 0.25) is 17.7 Å². The molecule has 0 aromatic heterocycles. The molecule has 8 nitrogen and oxygen atoms in total. The van der Waals surface area contributed by atoms with Crippen LogP contribution in [0.1, 0.15) is 42.4 Å². The molecule has 1 spiro atoms. The highest BCUT2D eigenvalue weighted by atomic mass is 19.4. The van der Waals surface area contributed by atoms with Gasteiger partial charge in [0, 0.05) is 25.7 Å². The van der Waals surface area contributed by atoms with E-state index in [1.165, 1.54) is 19.2 Å². The monoisotopic (exact) mass is 560 g/mol. The molecule has 2 aliphatic carbocycles. The third kappa shape index (κ3) is 5.14. The summed E-state index contributed by atoms with van der Waals surface area (Å²) >= 11 is 0. The largest absolute Gasteiger partial charge is 0.409 e. The van der Waals surface area contributed by atoms with Gasteiger partial charge in [0.15, 0.2) is 0 Å². The summed E-state index contributed by atoms with van der Waals surface area (Å²) in [4.78, 5) is 53.3. The zero-order chi connectivity index (χ0) is 28.8. The average molecular weight is 561 g/mol. The number of amides is 5. The van der Waals surface area contributed by atoms with Crippen molar-refractivity contribution in [2.75, 3.05) is 18.9 Å². The van der Waals surface area contributed by atoms with Crippen LogP contribution in [-0.2, 0) is 32.8 Å². The molecule has 40 heavy (non-hydrogen) atoms. The summed E-state index contributed by atoms with van der Waals surface area (Å²) in [6, 6.07) is 7.31. The van der Waals surface area contributed by atoms with Gasteiger partial charge in [-0.2, -0.15) is 13.2 Å². The number of rotatable bonds is 7. The van der Waals surface area contributed by atoms with E-state index in [0.717, 1.165) is 22.6 Å². The number of carbonyl (C=O) groups is 4. The van der Waals surface area contributed by atoms with E-state index in [0.29, 0.717) is 47.4 Å². The number of urea groups is 1. The van der Waals surface area contributed by atoms with Gasteiger partial charge in [0.05, 0.1) is 5.41 Å². The van der Waals surface area contributed by atoms with Crippen molar-refractivity contribution in [1.82, 2.24) is 15.1 Å². The third-order valence-electron chi connectivity index (χ3n) is 7.96. The van der Waals surface area contributed by atoms with Crippen molar-refractivity contribution >= 4 is 29.4 Å². The first kappa shape index (κ1) is 27.6. The van der Waals surface area contributed by atoms with Gasteiger partial charge in [0.1, 0.15) is 18.4 Å². The number of imide groups is 1. The molecule has 5 rings (SSSR count). The summed E-state index contributed by atoms with van der Waals surface area (Å²) in [5, 5.41) is 5.10. The second kappa shape index (κ2) is 10.2. The van der Waals surface area contributed by atoms with Gasteiger partial charge in [0.25, 0.3) is 0 Å². The fraction of sp³-hybridized carbons (Fsp3) is 0.429. The zero-order valence-corrected chi connectivity index (χ0v) is 21.7. The van der Waals surface area contributed by atoms with Gasteiger partial charge in [-0.15, -0.1) is 0 Å². The summed E-state index contributed by atoms with van der Waals surface area (Å²) in [6.07, 6.45) is -3.56. The van der Waals surface area contributed by atoms with E-state index in [-0.39, 0.29) is 6.42 Å². The number of hydrogen-bond acceptors (Lipinski definition) is 4. The van der Waals surface area contributed by atoms with E-state index < -0.39 is 66.2 Å². The molecule has 1 saturated carbocycles. The average Bonchev–Trinajstić information content (AvgIpc) is 3.62. The standard InChI is InChI=1S/C28H28F4N4O4/c1-33-26(40)34-20-8-9-21-18(12-20)10-11-27(21)13-22(37)36(25(27)39)15-23(38)35(14-16-2-6-19(29)7-3-16)24(17-4-5-17)28(30,31)32/h2-3,6-9,12,17,24H,4-5,10-11,13-15H2,1H3,(H2,33,34,40)/t24-,27+/m1/s1. The van der Waals surface area contributed by atoms with E-state index in [1.54, 1.807) is 18.2 Å². The van der Waals surface area contributed by atoms with Gasteiger partial charge in [-0.1, -0.05) is 18.2 Å². The van der Waals surface area contributed by atoms with Crippen molar-refractivity contribution in [3.05, 3.63) is 65.0 Å². The first-order valence-corrected chi connectivity index (χ1v) is 13.0. The molecule has 1 aliphatic heterocycles. The number of nitrogens with one attached hydrogen (secondary N) is 2. The molecule has 2 atom stereocenters. The maximum Gasteiger partial charge on any atom is 0.409 e. The molecule has 3 aliphatic rings. The fourth-order valence-electron chi connectivity index (χ4n) is 5.85. The number of fused-ring (bicyclic) bond motifs is 2. The van der Waals surface area contributed by atoms with Gasteiger partial charge in [-0.05, 0) is 72.6 Å². The smallest absolute Gasteiger partial charge is 0.341 e. The fourth-order valence-corrected chi connectivity index (χ4v) is 5.85. The Bertz CT molecular complexity index is 1360. The maximum atomic E-state index is 14.2. The molecule has 212 valence electrons. The van der Waals surface area contributed by atoms with Crippen LogP contribution in [0.15, 0.2) is 42.5 Å². The minimum atomic E-state index is -4.72. The van der Waals surface area contributed by atoms with Crippen LogP contribution in [0.2, 0.25) is 0 Å². The van der Waals surface area contributed by atoms with E-state index in [9.17, 15) is 36.7 Å². The number of anilines is 1. The number of carbonyl (C=O) groups excluding carboxylic acids is 4. The van der Waals surface area contributed by atoms with E-state index >= 15 is 0 Å². The van der Waals surface area contributed by atoms with Crippen LogP contribution < -0.4 is 10.6 Å². The van der Waals surface area contributed by atoms with Gasteiger partial charge in [-0.3, -0.25) is 19.3 Å². The third-order valence-corrected chi connectivity index (χ3v) is 7.96. The van der Waals surface area contributed by atoms with Crippen LogP contribution >= 0.6 is 0 Å². The second-order valence-electron chi connectivity index (χ2n) is 10.6. The van der Waals surface area contributed by atoms with Crippen molar-refractivity contribution in [2.24, 2.45) is 5.92 Å². The summed E-state index contributed by atoms with van der Waals surface area (Å²) in [5.74, 6) is -3.59. The van der Waals surface area contributed by atoms with Crippen LogP contribution in [0.4, 0.5) is 28.0 Å². The topological polar surface area (TPSA) is 98.8 Å². The SMILES string of the molecule is CNC(=O)Nc1ccc2c(c1)CC[C@]21CC(=O)N(CC(=O)N(Cc2ccc(F)cc2)[C@H](C2CC2)C(F)(F)F)C1=O. The minimum Gasteiger partial charge on any atom is -0.341 e. The van der Waals surface area contributed by atoms with Crippen LogP contribution in [0.25, 0.3) is 0 Å². The highest BCUT2D eigenvalue weighted by molar-refractivity contribution is 6.11. The molecule has 1 saturated heterocycles. The first-order valence-electron chi connectivity index (χ1n) is 13.0. The number of aryl methyl sites for hydroxylation is 1. The number of nitrogens with zero attached hydrogens (tertiary/aromatic N) is 2. The lowest BCUT2D eigenvalue weighted by Crippen LogP contribution is -2.53. The Morgan fingerprint density at radius 1 is 1.12 bits per heavy atom. The zero-order valence-electron chi connectivity index (χ0n) is 21.7. The van der Waals surface area contributed by atoms with Crippen molar-refractivity contribution < 1.29 is 36.7 Å². The molecule has 0 bridgehead atoms. The molecule has 0 unspecified atom stereocenters. The molecule has 2 N–H and O–H groups in total. The molecular formula is C28H28F4N4O4. The number of halogens is 4. The van der Waals surface area contributed by atoms with E-state index in [1.807, 2.05) is 0 Å². The summed E-state index contributed by atoms with van der Waals surface area (Å²) in [7, 11) is 1.47. The van der Waals surface area contributed by atoms with E-state index in [2.05, 4.69) is 10.6 Å². The van der Waals surface area contributed by atoms with E-state index in [4.69, 9.17) is 0 Å². The van der Waals surface area contributed by atoms with Gasteiger partial charge in [-0.25, -0.2) is 9.18 Å². The maximum absolute atomic E-state index is 14.2. The van der Waals surface area contributed by atoms with Crippen LogP contribution in [0.3, 0.4) is 0 Å². The molecule has 1 heterocycles. The van der Waals surface area contributed by atoms with Crippen molar-refractivity contribution in [3.63, 3.8) is 0 Å². The molecule has 2 aromatic carbocycles. The molecule has 5 amide bonds. The highest BCUT2D eigenvalue weighted by Crippen LogP contribution is 2.48. The predicted molar refractivity (Wildman–Crippen MR) is 135 cm³/mol. The van der Waals surface area contributed by atoms with Crippen LogP contribution in [-0.4, -0.2) is 59.4 Å². The molecule has 0 radical (unpaired) electrons. The van der Waals surface area contributed by atoms with Crippen LogP contribution in [0.5, 0.6) is 0 Å². The number of hydrogen-bond donors (Lipinski definition) is 2. The Labute approximate surface area is 227 Å². The Kier molecular flexibility index (Phi) is 7.05. The lowest BCUT2D eigenvalue weighted by molar-refractivity contribution is -0.196. The van der Waals surface area contributed by atoms with Crippen LogP contribution in [0, 0.1) is 11.7 Å². The summed E-state index contributed by atoms with van der Waals surface area (Å²) < 4.78 is 55.9. The number of benzene rings is 2. The summed E-state index contributed by atoms with van der Waals surface area (Å²) in [6.45, 7) is -1.25. The lowest BCUT2D eigenvalue weighted by Gasteiger charge is -2.34. The number of alkyl halides is 3. The number of likely N-dealkylation sites (tertiary alicyclic amines) is 1. The molecule has 2 aromatic rings. The van der Waals surface area contributed by atoms with Gasteiger partial charge >= 0.3 is 12.2 Å². The van der Waals surface area contributed by atoms with Crippen molar-refractivity contribution in [1.29, 1.82) is 0 Å². The Morgan fingerprint density at radius 2 is 1.82 bits per heavy atom. The first-order chi connectivity index (χ1) is 18.9. The Balaban J connectivity index is 1.39.